The minimum absolute atomic E-state index is 0.237. The highest BCUT2D eigenvalue weighted by Gasteiger charge is 2.29. The fraction of sp³-hybridized carbons (Fsp3) is 0.233. The maximum absolute atomic E-state index is 13.4. The van der Waals surface area contributed by atoms with Crippen LogP contribution in [0, 0.1) is 0 Å². The number of nitrogens with one attached hydrogen (secondary N) is 2. The van der Waals surface area contributed by atoms with Crippen LogP contribution < -0.4 is 10.6 Å². The van der Waals surface area contributed by atoms with E-state index < -0.39 is 5.97 Å². The smallest absolute Gasteiger partial charge is 0.337 e. The molecule has 6 rings (SSSR count). The molecule has 1 saturated heterocycles. The van der Waals surface area contributed by atoms with Crippen LogP contribution in [0.2, 0.25) is 0 Å². The second-order valence-electron chi connectivity index (χ2n) is 9.89. The molecule has 0 bridgehead atoms. The zero-order valence-electron chi connectivity index (χ0n) is 21.9. The van der Waals surface area contributed by atoms with Gasteiger partial charge in [0.05, 0.1) is 45.4 Å². The number of rotatable bonds is 6. The van der Waals surface area contributed by atoms with Gasteiger partial charge in [-0.15, -0.1) is 11.3 Å². The molecule has 0 radical (unpaired) electrons. The van der Waals surface area contributed by atoms with Crippen LogP contribution in [-0.2, 0) is 16.1 Å². The lowest BCUT2D eigenvalue weighted by atomic mass is 9.98. The minimum atomic E-state index is -0.450. The van der Waals surface area contributed by atoms with Gasteiger partial charge in [0, 0.05) is 49.5 Å². The number of piperazine rings is 1. The van der Waals surface area contributed by atoms with Gasteiger partial charge in [0.25, 0.3) is 5.91 Å². The Labute approximate surface area is 230 Å². The molecule has 198 valence electrons. The summed E-state index contributed by atoms with van der Waals surface area (Å²) in [5.74, 6) is -0.687. The Kier molecular flexibility index (Phi) is 6.86. The van der Waals surface area contributed by atoms with E-state index in [0.29, 0.717) is 22.5 Å². The van der Waals surface area contributed by atoms with Crippen LogP contribution in [0.5, 0.6) is 0 Å². The summed E-state index contributed by atoms with van der Waals surface area (Å²) < 4.78 is 5.93. The van der Waals surface area contributed by atoms with Gasteiger partial charge in [0.2, 0.25) is 0 Å². The summed E-state index contributed by atoms with van der Waals surface area (Å²) in [4.78, 5) is 34.7. The van der Waals surface area contributed by atoms with Crippen molar-refractivity contribution in [3.8, 4) is 0 Å². The van der Waals surface area contributed by atoms with E-state index in [-0.39, 0.29) is 5.91 Å². The Hall–Kier alpha value is -4.05. The van der Waals surface area contributed by atoms with Crippen LogP contribution in [0.15, 0.2) is 66.2 Å². The predicted molar refractivity (Wildman–Crippen MR) is 156 cm³/mol. The summed E-state index contributed by atoms with van der Waals surface area (Å²) in [5.41, 5.74) is 8.55. The summed E-state index contributed by atoms with van der Waals surface area (Å²) in [6.07, 6.45) is 0. The van der Waals surface area contributed by atoms with E-state index in [2.05, 4.69) is 56.7 Å². The standard InChI is InChI=1S/C30H29N5O3S/c1-34-11-13-35(14-12-34)17-19-3-7-22(8-4-19)32-28(20-6-10-26-25(15-20)31-18-39-26)27-23-9-5-21(30(37)38-2)16-24(23)33-29(27)36/h3-10,15-16,18,32H,11-14,17H2,1-2H3,(H,33,36)/b28-27-. The minimum Gasteiger partial charge on any atom is -0.465 e. The Balaban J connectivity index is 1.36. The highest BCUT2D eigenvalue weighted by atomic mass is 32.1. The predicted octanol–water partition coefficient (Wildman–Crippen LogP) is 4.76. The highest BCUT2D eigenvalue weighted by Crippen LogP contribution is 2.39. The molecule has 39 heavy (non-hydrogen) atoms. The quantitative estimate of drug-likeness (QED) is 0.270. The summed E-state index contributed by atoms with van der Waals surface area (Å²) in [6.45, 7) is 5.23. The van der Waals surface area contributed by atoms with Gasteiger partial charge >= 0.3 is 5.97 Å². The van der Waals surface area contributed by atoms with E-state index in [1.807, 2.05) is 23.7 Å². The largest absolute Gasteiger partial charge is 0.465 e. The molecule has 0 saturated carbocycles. The number of esters is 1. The Morgan fingerprint density at radius 2 is 1.79 bits per heavy atom. The monoisotopic (exact) mass is 539 g/mol. The molecule has 1 aromatic heterocycles. The molecule has 8 nitrogen and oxygen atoms in total. The average molecular weight is 540 g/mol. The maximum Gasteiger partial charge on any atom is 0.337 e. The molecule has 1 amide bonds. The van der Waals surface area contributed by atoms with E-state index in [4.69, 9.17) is 4.74 Å². The molecular weight excluding hydrogens is 510 g/mol. The average Bonchev–Trinajstić information content (AvgIpc) is 3.56. The van der Waals surface area contributed by atoms with Crippen LogP contribution in [0.1, 0.15) is 27.0 Å². The molecule has 0 aliphatic carbocycles. The molecule has 0 unspecified atom stereocenters. The van der Waals surface area contributed by atoms with Gasteiger partial charge in [0.15, 0.2) is 0 Å². The molecule has 2 aliphatic heterocycles. The van der Waals surface area contributed by atoms with Crippen molar-refractivity contribution in [1.82, 2.24) is 14.8 Å². The van der Waals surface area contributed by atoms with Crippen molar-refractivity contribution in [3.05, 3.63) is 88.4 Å². The molecule has 9 heteroatoms. The number of anilines is 2. The zero-order chi connectivity index (χ0) is 26.9. The van der Waals surface area contributed by atoms with Crippen LogP contribution >= 0.6 is 11.3 Å². The van der Waals surface area contributed by atoms with Crippen LogP contribution in [0.25, 0.3) is 21.5 Å². The first kappa shape index (κ1) is 25.2. The topological polar surface area (TPSA) is 86.8 Å². The molecule has 0 spiro atoms. The molecule has 4 aromatic rings. The number of ether oxygens (including phenoxy) is 1. The number of carbonyl (C=O) groups is 2. The molecule has 1 fully saturated rings. The van der Waals surface area contributed by atoms with Crippen LogP contribution in [0.3, 0.4) is 0 Å². The number of hydrogen-bond donors (Lipinski definition) is 2. The lowest BCUT2D eigenvalue weighted by Gasteiger charge is -2.32. The van der Waals surface area contributed by atoms with Crippen molar-refractivity contribution in [2.75, 3.05) is 51.0 Å². The second kappa shape index (κ2) is 10.6. The van der Waals surface area contributed by atoms with Gasteiger partial charge in [0.1, 0.15) is 0 Å². The van der Waals surface area contributed by atoms with Crippen molar-refractivity contribution in [1.29, 1.82) is 0 Å². The van der Waals surface area contributed by atoms with E-state index >= 15 is 0 Å². The summed E-state index contributed by atoms with van der Waals surface area (Å²) >= 11 is 1.58. The zero-order valence-corrected chi connectivity index (χ0v) is 22.7. The molecule has 3 heterocycles. The summed E-state index contributed by atoms with van der Waals surface area (Å²) in [7, 11) is 3.50. The Morgan fingerprint density at radius 3 is 2.56 bits per heavy atom. The normalized spacial score (nSPS) is 17.1. The fourth-order valence-electron chi connectivity index (χ4n) is 5.06. The number of amides is 1. The number of thiazole rings is 1. The van der Waals surface area contributed by atoms with E-state index in [1.165, 1.54) is 12.7 Å². The number of aromatic nitrogens is 1. The third-order valence-electron chi connectivity index (χ3n) is 7.28. The first-order chi connectivity index (χ1) is 19.0. The molecule has 0 atom stereocenters. The number of hydrogen-bond acceptors (Lipinski definition) is 8. The first-order valence-corrected chi connectivity index (χ1v) is 13.8. The van der Waals surface area contributed by atoms with Crippen molar-refractivity contribution in [3.63, 3.8) is 0 Å². The van der Waals surface area contributed by atoms with Gasteiger partial charge in [-0.25, -0.2) is 9.78 Å². The lowest BCUT2D eigenvalue weighted by Crippen LogP contribution is -2.43. The third-order valence-corrected chi connectivity index (χ3v) is 8.09. The maximum atomic E-state index is 13.4. The summed E-state index contributed by atoms with van der Waals surface area (Å²) in [6, 6.07) is 19.5. The van der Waals surface area contributed by atoms with Crippen molar-refractivity contribution in [2.24, 2.45) is 0 Å². The van der Waals surface area contributed by atoms with E-state index in [1.54, 1.807) is 29.5 Å². The fourth-order valence-corrected chi connectivity index (χ4v) is 5.72. The molecule has 2 N–H and O–H groups in total. The lowest BCUT2D eigenvalue weighted by molar-refractivity contribution is -0.110. The van der Waals surface area contributed by atoms with Gasteiger partial charge < -0.3 is 20.3 Å². The third kappa shape index (κ3) is 5.16. The van der Waals surface area contributed by atoms with Crippen molar-refractivity contribution >= 4 is 56.1 Å². The van der Waals surface area contributed by atoms with Gasteiger partial charge in [-0.05, 0) is 49.0 Å². The second-order valence-corrected chi connectivity index (χ2v) is 10.8. The van der Waals surface area contributed by atoms with E-state index in [0.717, 1.165) is 59.8 Å². The highest BCUT2D eigenvalue weighted by molar-refractivity contribution is 7.16. The first-order valence-electron chi connectivity index (χ1n) is 12.9. The SMILES string of the molecule is COC(=O)c1ccc2c(c1)NC(=O)/C2=C(\Nc1ccc(CN2CCN(C)CC2)cc1)c1ccc2scnc2c1. The van der Waals surface area contributed by atoms with E-state index in [9.17, 15) is 9.59 Å². The van der Waals surface area contributed by atoms with Crippen molar-refractivity contribution < 1.29 is 14.3 Å². The van der Waals surface area contributed by atoms with Gasteiger partial charge in [-0.3, -0.25) is 9.69 Å². The van der Waals surface area contributed by atoms with Crippen LogP contribution in [0.4, 0.5) is 11.4 Å². The Bertz CT molecular complexity index is 1590. The Morgan fingerprint density at radius 1 is 1.03 bits per heavy atom. The number of nitrogens with zero attached hydrogens (tertiary/aromatic N) is 3. The van der Waals surface area contributed by atoms with Gasteiger partial charge in [-0.2, -0.15) is 0 Å². The molecule has 2 aliphatic rings. The summed E-state index contributed by atoms with van der Waals surface area (Å²) in [5, 5.41) is 6.46. The number of benzene rings is 3. The molecular formula is C30H29N5O3S. The number of carbonyl (C=O) groups excluding carboxylic acids is 2. The van der Waals surface area contributed by atoms with Crippen molar-refractivity contribution in [2.45, 2.75) is 6.54 Å². The van der Waals surface area contributed by atoms with Gasteiger partial charge in [-0.1, -0.05) is 24.3 Å². The number of methoxy groups -OCH3 is 1. The number of likely N-dealkylation sites (N-methyl/N-ethyl adjacent to an activating group) is 1. The number of fused-ring (bicyclic) bond motifs is 2. The van der Waals surface area contributed by atoms with Crippen LogP contribution in [-0.4, -0.2) is 67.0 Å². The molecule has 3 aromatic carbocycles.